The summed E-state index contributed by atoms with van der Waals surface area (Å²) in [6, 6.07) is 3.47. The van der Waals surface area contributed by atoms with Crippen LogP contribution in [0.5, 0.6) is 5.88 Å². The van der Waals surface area contributed by atoms with Gasteiger partial charge in [0.25, 0.3) is 0 Å². The molecule has 2 heterocycles. The predicted octanol–water partition coefficient (Wildman–Crippen LogP) is 1.62. The Balaban J connectivity index is 1.56. The first-order chi connectivity index (χ1) is 9.75. The van der Waals surface area contributed by atoms with Crippen molar-refractivity contribution < 1.29 is 9.53 Å². The molecule has 1 unspecified atom stereocenters. The summed E-state index contributed by atoms with van der Waals surface area (Å²) in [7, 11) is 0. The Kier molecular flexibility index (Phi) is 6.08. The van der Waals surface area contributed by atoms with Gasteiger partial charge < -0.3 is 15.4 Å². The average Bonchev–Trinajstić information content (AvgIpc) is 2.96. The van der Waals surface area contributed by atoms with Crippen LogP contribution < -0.4 is 15.4 Å². The van der Waals surface area contributed by atoms with Crippen LogP contribution in [0.3, 0.4) is 0 Å². The van der Waals surface area contributed by atoms with Crippen LogP contribution >= 0.6 is 11.6 Å². The molecule has 0 spiro atoms. The van der Waals surface area contributed by atoms with E-state index in [1.54, 1.807) is 18.3 Å². The summed E-state index contributed by atoms with van der Waals surface area (Å²) in [5.74, 6) is 1.12. The fraction of sp³-hybridized carbons (Fsp3) is 0.571. The van der Waals surface area contributed by atoms with Crippen LogP contribution in [0.2, 0.25) is 5.02 Å². The smallest absolute Gasteiger partial charge is 0.232 e. The number of hydrogen-bond acceptors (Lipinski definition) is 4. The molecule has 1 amide bonds. The highest BCUT2D eigenvalue weighted by atomic mass is 35.5. The Morgan fingerprint density at radius 3 is 3.25 bits per heavy atom. The quantitative estimate of drug-likeness (QED) is 0.751. The summed E-state index contributed by atoms with van der Waals surface area (Å²) in [6.45, 7) is 2.95. The number of nitrogens with one attached hydrogen (secondary N) is 2. The SMILES string of the molecule is O=C(CCC1CCNC1)NCCOc1ncccc1Cl. The van der Waals surface area contributed by atoms with E-state index in [0.717, 1.165) is 19.5 Å². The van der Waals surface area contributed by atoms with E-state index >= 15 is 0 Å². The van der Waals surface area contributed by atoms with Crippen molar-refractivity contribution in [3.05, 3.63) is 23.4 Å². The molecular weight excluding hydrogens is 278 g/mol. The van der Waals surface area contributed by atoms with Gasteiger partial charge in [0.1, 0.15) is 11.6 Å². The number of amides is 1. The van der Waals surface area contributed by atoms with E-state index in [0.29, 0.717) is 36.4 Å². The van der Waals surface area contributed by atoms with Crippen LogP contribution in [0.1, 0.15) is 19.3 Å². The van der Waals surface area contributed by atoms with Crippen LogP contribution in [0.15, 0.2) is 18.3 Å². The normalized spacial score (nSPS) is 17.9. The molecule has 2 rings (SSSR count). The van der Waals surface area contributed by atoms with Crippen molar-refractivity contribution >= 4 is 17.5 Å². The number of pyridine rings is 1. The third-order valence-corrected chi connectivity index (χ3v) is 3.62. The monoisotopic (exact) mass is 297 g/mol. The van der Waals surface area contributed by atoms with E-state index in [4.69, 9.17) is 16.3 Å². The van der Waals surface area contributed by atoms with Crippen molar-refractivity contribution in [2.45, 2.75) is 19.3 Å². The lowest BCUT2D eigenvalue weighted by Crippen LogP contribution is -2.28. The van der Waals surface area contributed by atoms with Gasteiger partial charge in [-0.25, -0.2) is 4.98 Å². The summed E-state index contributed by atoms with van der Waals surface area (Å²) >= 11 is 5.91. The Morgan fingerprint density at radius 1 is 1.60 bits per heavy atom. The third kappa shape index (κ3) is 4.98. The van der Waals surface area contributed by atoms with Crippen LogP contribution in [0.25, 0.3) is 0 Å². The molecule has 0 aliphatic carbocycles. The van der Waals surface area contributed by atoms with Crippen molar-refractivity contribution in [3.63, 3.8) is 0 Å². The molecule has 0 radical (unpaired) electrons. The lowest BCUT2D eigenvalue weighted by molar-refractivity contribution is -0.121. The standard InChI is InChI=1S/C14H20ClN3O2/c15-12-2-1-6-18-14(12)20-9-8-17-13(19)4-3-11-5-7-16-10-11/h1-2,6,11,16H,3-5,7-10H2,(H,17,19). The van der Waals surface area contributed by atoms with Crippen LogP contribution in [-0.4, -0.2) is 37.1 Å². The van der Waals surface area contributed by atoms with Gasteiger partial charge in [-0.15, -0.1) is 0 Å². The molecule has 1 aliphatic heterocycles. The molecule has 20 heavy (non-hydrogen) atoms. The van der Waals surface area contributed by atoms with E-state index in [-0.39, 0.29) is 5.91 Å². The number of rotatable bonds is 7. The second-order valence-corrected chi connectivity index (χ2v) is 5.29. The van der Waals surface area contributed by atoms with E-state index in [9.17, 15) is 4.79 Å². The number of hydrogen-bond donors (Lipinski definition) is 2. The zero-order valence-electron chi connectivity index (χ0n) is 11.4. The molecule has 110 valence electrons. The van der Waals surface area contributed by atoms with Gasteiger partial charge in [-0.05, 0) is 44.0 Å². The van der Waals surface area contributed by atoms with Crippen molar-refractivity contribution in [3.8, 4) is 5.88 Å². The van der Waals surface area contributed by atoms with Gasteiger partial charge in [0.15, 0.2) is 0 Å². The summed E-state index contributed by atoms with van der Waals surface area (Å²) < 4.78 is 5.40. The van der Waals surface area contributed by atoms with Crippen molar-refractivity contribution in [2.24, 2.45) is 5.92 Å². The lowest BCUT2D eigenvalue weighted by atomic mass is 10.0. The Labute approximate surface area is 124 Å². The first kappa shape index (κ1) is 15.1. The summed E-state index contributed by atoms with van der Waals surface area (Å²) in [4.78, 5) is 15.7. The van der Waals surface area contributed by atoms with Crippen LogP contribution in [0.4, 0.5) is 0 Å². The Bertz CT molecular complexity index is 436. The summed E-state index contributed by atoms with van der Waals surface area (Å²) in [5.41, 5.74) is 0. The molecule has 2 N–H and O–H groups in total. The molecule has 1 saturated heterocycles. The van der Waals surface area contributed by atoms with Gasteiger partial charge >= 0.3 is 0 Å². The highest BCUT2D eigenvalue weighted by Gasteiger charge is 2.15. The topological polar surface area (TPSA) is 63.2 Å². The maximum Gasteiger partial charge on any atom is 0.232 e. The van der Waals surface area contributed by atoms with Crippen molar-refractivity contribution in [1.82, 2.24) is 15.6 Å². The van der Waals surface area contributed by atoms with E-state index in [1.807, 2.05) is 0 Å². The van der Waals surface area contributed by atoms with Crippen LogP contribution in [-0.2, 0) is 4.79 Å². The third-order valence-electron chi connectivity index (χ3n) is 3.33. The fourth-order valence-electron chi connectivity index (χ4n) is 2.20. The van der Waals surface area contributed by atoms with Gasteiger partial charge in [0, 0.05) is 12.6 Å². The summed E-state index contributed by atoms with van der Waals surface area (Å²) in [6.07, 6.45) is 4.33. The zero-order chi connectivity index (χ0) is 14.2. The van der Waals surface area contributed by atoms with Gasteiger partial charge in [-0.1, -0.05) is 11.6 Å². The highest BCUT2D eigenvalue weighted by Crippen LogP contribution is 2.19. The van der Waals surface area contributed by atoms with Crippen LogP contribution in [0, 0.1) is 5.92 Å². The van der Waals surface area contributed by atoms with Gasteiger partial charge in [0.2, 0.25) is 11.8 Å². The maximum absolute atomic E-state index is 11.6. The molecule has 0 saturated carbocycles. The number of carbonyl (C=O) groups is 1. The molecule has 1 atom stereocenters. The molecule has 1 aromatic heterocycles. The molecule has 0 bridgehead atoms. The molecule has 1 aliphatic rings. The second kappa shape index (κ2) is 8.07. The number of carbonyl (C=O) groups excluding carboxylic acids is 1. The van der Waals surface area contributed by atoms with Crippen molar-refractivity contribution in [2.75, 3.05) is 26.2 Å². The number of halogens is 1. The first-order valence-electron chi connectivity index (χ1n) is 6.96. The predicted molar refractivity (Wildman–Crippen MR) is 78.0 cm³/mol. The van der Waals surface area contributed by atoms with Crippen molar-refractivity contribution in [1.29, 1.82) is 0 Å². The minimum Gasteiger partial charge on any atom is -0.475 e. The Hall–Kier alpha value is -1.33. The van der Waals surface area contributed by atoms with E-state index in [1.165, 1.54) is 6.42 Å². The fourth-order valence-corrected chi connectivity index (χ4v) is 2.38. The summed E-state index contributed by atoms with van der Waals surface area (Å²) in [5, 5.41) is 6.62. The molecule has 1 aromatic rings. The first-order valence-corrected chi connectivity index (χ1v) is 7.34. The average molecular weight is 298 g/mol. The molecular formula is C14H20ClN3O2. The minimum atomic E-state index is 0.0765. The van der Waals surface area contributed by atoms with Gasteiger partial charge in [-0.3, -0.25) is 4.79 Å². The second-order valence-electron chi connectivity index (χ2n) is 4.89. The van der Waals surface area contributed by atoms with Gasteiger partial charge in [0.05, 0.1) is 6.54 Å². The number of aromatic nitrogens is 1. The van der Waals surface area contributed by atoms with Gasteiger partial charge in [-0.2, -0.15) is 0 Å². The number of nitrogens with zero attached hydrogens (tertiary/aromatic N) is 1. The zero-order valence-corrected chi connectivity index (χ0v) is 12.2. The number of ether oxygens (including phenoxy) is 1. The molecule has 5 nitrogen and oxygen atoms in total. The highest BCUT2D eigenvalue weighted by molar-refractivity contribution is 6.31. The van der Waals surface area contributed by atoms with E-state index in [2.05, 4.69) is 15.6 Å². The maximum atomic E-state index is 11.6. The largest absolute Gasteiger partial charge is 0.475 e. The minimum absolute atomic E-state index is 0.0765. The molecule has 0 aromatic carbocycles. The molecule has 6 heteroatoms. The van der Waals surface area contributed by atoms with E-state index < -0.39 is 0 Å². The molecule has 1 fully saturated rings. The lowest BCUT2D eigenvalue weighted by Gasteiger charge is -2.09. The Morgan fingerprint density at radius 2 is 2.50 bits per heavy atom.